The highest BCUT2D eigenvalue weighted by atomic mass is 19.1. The molecule has 2 heterocycles. The van der Waals surface area contributed by atoms with Crippen LogP contribution in [0.25, 0.3) is 17.1 Å². The van der Waals surface area contributed by atoms with Gasteiger partial charge in [0.15, 0.2) is 5.82 Å². The van der Waals surface area contributed by atoms with E-state index in [9.17, 15) is 13.6 Å². The fourth-order valence-electron chi connectivity index (χ4n) is 6.12. The summed E-state index contributed by atoms with van der Waals surface area (Å²) in [6.07, 6.45) is 7.68. The van der Waals surface area contributed by atoms with Crippen molar-refractivity contribution in [2.24, 2.45) is 27.0 Å². The molecule has 202 valence electrons. The van der Waals surface area contributed by atoms with E-state index in [1.165, 1.54) is 18.2 Å². The Hall–Kier alpha value is -3.81. The van der Waals surface area contributed by atoms with Gasteiger partial charge in [0.25, 0.3) is 5.91 Å². The van der Waals surface area contributed by atoms with Gasteiger partial charge in [-0.3, -0.25) is 4.79 Å². The summed E-state index contributed by atoms with van der Waals surface area (Å²) >= 11 is 0. The molecule has 1 amide bonds. The zero-order valence-corrected chi connectivity index (χ0v) is 22.6. The van der Waals surface area contributed by atoms with Crippen molar-refractivity contribution in [3.8, 4) is 11.4 Å². The summed E-state index contributed by atoms with van der Waals surface area (Å²) in [5, 5.41) is 8.84. The van der Waals surface area contributed by atoms with Crippen LogP contribution in [0.2, 0.25) is 0 Å². The SMILES string of the molecule is CCN(C[C@@]12CC[C@@H](C/C=C(c3c(F)cccc3F)\N=N/C1)C2(C)C)C(=O)c1ccc(-c2ncccn2)cc1. The first-order chi connectivity index (χ1) is 18.8. The molecule has 2 aliphatic rings. The molecule has 1 fully saturated rings. The first kappa shape index (κ1) is 26.8. The summed E-state index contributed by atoms with van der Waals surface area (Å²) in [5.74, 6) is -0.460. The number of carbonyl (C=O) groups is 1. The standard InChI is InChI=1S/C31H33F2N5O/c1-4-38(29(39)22-11-9-21(10-12-22)28-34-17-6-18-35-28)20-31-16-15-23(30(31,2)3)13-14-26(37-36-19-31)27-24(32)7-5-8-25(27)33/h5-12,14,17-18,23H,4,13,15-16,19-20H2,1-3H3/b26-14-,37-36-/t23-,31-/m1/s1. The third-order valence-electron chi connectivity index (χ3n) is 8.84. The molecule has 6 nitrogen and oxygen atoms in total. The zero-order valence-electron chi connectivity index (χ0n) is 22.6. The number of hydrogen-bond donors (Lipinski definition) is 0. The van der Waals surface area contributed by atoms with Crippen LogP contribution in [-0.2, 0) is 0 Å². The number of benzene rings is 2. The first-order valence-corrected chi connectivity index (χ1v) is 13.4. The molecule has 0 spiro atoms. The van der Waals surface area contributed by atoms with Gasteiger partial charge in [-0.15, -0.1) is 0 Å². The predicted molar refractivity (Wildman–Crippen MR) is 147 cm³/mol. The third-order valence-corrected chi connectivity index (χ3v) is 8.84. The van der Waals surface area contributed by atoms with Crippen LogP contribution in [0.4, 0.5) is 8.78 Å². The topological polar surface area (TPSA) is 70.8 Å². The van der Waals surface area contributed by atoms with Gasteiger partial charge in [-0.1, -0.05) is 38.1 Å². The molecule has 2 bridgehead atoms. The Bertz CT molecular complexity index is 1380. The summed E-state index contributed by atoms with van der Waals surface area (Å²) in [5.41, 5.74) is 1.05. The van der Waals surface area contributed by atoms with Crippen LogP contribution >= 0.6 is 0 Å². The van der Waals surface area contributed by atoms with Crippen molar-refractivity contribution >= 4 is 11.6 Å². The molecule has 0 N–H and O–H groups in total. The maximum absolute atomic E-state index is 14.5. The molecule has 8 heteroatoms. The van der Waals surface area contributed by atoms with Crippen LogP contribution in [-0.4, -0.2) is 40.4 Å². The van der Waals surface area contributed by atoms with Crippen LogP contribution in [0.15, 0.2) is 77.2 Å². The van der Waals surface area contributed by atoms with Crippen LogP contribution in [0.1, 0.15) is 56.0 Å². The lowest BCUT2D eigenvalue weighted by Crippen LogP contribution is -2.49. The van der Waals surface area contributed by atoms with Crippen molar-refractivity contribution in [3.05, 3.63) is 89.8 Å². The second-order valence-electron chi connectivity index (χ2n) is 11.0. The number of azo groups is 1. The molecule has 3 aromatic rings. The van der Waals surface area contributed by atoms with E-state index >= 15 is 0 Å². The number of fused-ring (bicyclic) bond motifs is 2. The maximum Gasteiger partial charge on any atom is 0.253 e. The van der Waals surface area contributed by atoms with Gasteiger partial charge < -0.3 is 4.90 Å². The average molecular weight is 530 g/mol. The molecule has 1 aliphatic heterocycles. The van der Waals surface area contributed by atoms with Crippen LogP contribution in [0.3, 0.4) is 0 Å². The average Bonchev–Trinajstić information content (AvgIpc) is 3.21. The smallest absolute Gasteiger partial charge is 0.253 e. The number of halogens is 2. The molecule has 2 aromatic carbocycles. The highest BCUT2D eigenvalue weighted by molar-refractivity contribution is 5.94. The van der Waals surface area contributed by atoms with Gasteiger partial charge >= 0.3 is 0 Å². The van der Waals surface area contributed by atoms with E-state index in [2.05, 4.69) is 34.0 Å². The summed E-state index contributed by atoms with van der Waals surface area (Å²) < 4.78 is 29.1. The number of nitrogens with zero attached hydrogens (tertiary/aromatic N) is 5. The molecule has 0 radical (unpaired) electrons. The number of aromatic nitrogens is 2. The minimum Gasteiger partial charge on any atom is -0.338 e. The van der Waals surface area contributed by atoms with E-state index in [1.54, 1.807) is 18.5 Å². The Morgan fingerprint density at radius 1 is 1.03 bits per heavy atom. The van der Waals surface area contributed by atoms with Gasteiger partial charge in [-0.05, 0) is 67.9 Å². The monoisotopic (exact) mass is 529 g/mol. The Kier molecular flexibility index (Phi) is 7.38. The van der Waals surface area contributed by atoms with Crippen molar-refractivity contribution in [2.45, 2.75) is 40.0 Å². The van der Waals surface area contributed by atoms with Gasteiger partial charge in [0.05, 0.1) is 17.8 Å². The van der Waals surface area contributed by atoms with Crippen molar-refractivity contribution in [2.75, 3.05) is 19.6 Å². The minimum absolute atomic E-state index is 0.0456. The summed E-state index contributed by atoms with van der Waals surface area (Å²) in [6.45, 7) is 7.89. The Morgan fingerprint density at radius 3 is 2.38 bits per heavy atom. The van der Waals surface area contributed by atoms with Crippen LogP contribution < -0.4 is 0 Å². The predicted octanol–water partition coefficient (Wildman–Crippen LogP) is 7.20. The van der Waals surface area contributed by atoms with Crippen molar-refractivity contribution in [3.63, 3.8) is 0 Å². The van der Waals surface area contributed by atoms with Crippen LogP contribution in [0.5, 0.6) is 0 Å². The molecule has 1 aliphatic carbocycles. The molecule has 1 saturated carbocycles. The fourth-order valence-corrected chi connectivity index (χ4v) is 6.12. The number of carbonyl (C=O) groups excluding carboxylic acids is 1. The quantitative estimate of drug-likeness (QED) is 0.339. The summed E-state index contributed by atoms with van der Waals surface area (Å²) in [4.78, 5) is 24.1. The lowest BCUT2D eigenvalue weighted by atomic mass is 9.63. The Morgan fingerprint density at radius 2 is 1.72 bits per heavy atom. The van der Waals surface area contributed by atoms with E-state index in [-0.39, 0.29) is 33.9 Å². The summed E-state index contributed by atoms with van der Waals surface area (Å²) in [6, 6.07) is 13.0. The number of amides is 1. The van der Waals surface area contributed by atoms with Gasteiger partial charge in [0.2, 0.25) is 0 Å². The van der Waals surface area contributed by atoms with E-state index in [0.29, 0.717) is 37.4 Å². The zero-order chi connectivity index (χ0) is 27.6. The van der Waals surface area contributed by atoms with Gasteiger partial charge in [0, 0.05) is 42.0 Å². The molecule has 0 saturated heterocycles. The molecule has 0 unspecified atom stereocenters. The lowest BCUT2D eigenvalue weighted by Gasteiger charge is -2.45. The molecule has 1 aromatic heterocycles. The van der Waals surface area contributed by atoms with Crippen LogP contribution in [0, 0.1) is 28.4 Å². The van der Waals surface area contributed by atoms with Crippen molar-refractivity contribution in [1.29, 1.82) is 0 Å². The molecule has 39 heavy (non-hydrogen) atoms. The lowest BCUT2D eigenvalue weighted by molar-refractivity contribution is 0.0313. The number of rotatable bonds is 6. The van der Waals surface area contributed by atoms with E-state index in [0.717, 1.165) is 18.4 Å². The second-order valence-corrected chi connectivity index (χ2v) is 11.0. The van der Waals surface area contributed by atoms with Crippen molar-refractivity contribution < 1.29 is 13.6 Å². The van der Waals surface area contributed by atoms with Gasteiger partial charge in [0.1, 0.15) is 11.6 Å². The van der Waals surface area contributed by atoms with E-state index in [1.807, 2.05) is 42.2 Å². The largest absolute Gasteiger partial charge is 0.338 e. The third kappa shape index (κ3) is 5.00. The number of allylic oxidation sites excluding steroid dienone is 1. The highest BCUT2D eigenvalue weighted by Gasteiger charge is 2.55. The second kappa shape index (κ2) is 10.8. The van der Waals surface area contributed by atoms with E-state index < -0.39 is 11.6 Å². The van der Waals surface area contributed by atoms with Crippen molar-refractivity contribution in [1.82, 2.24) is 14.9 Å². The molecule has 2 atom stereocenters. The van der Waals surface area contributed by atoms with E-state index in [4.69, 9.17) is 0 Å². The normalized spacial score (nSPS) is 24.1. The first-order valence-electron chi connectivity index (χ1n) is 13.4. The number of hydrogen-bond acceptors (Lipinski definition) is 5. The van der Waals surface area contributed by atoms with Gasteiger partial charge in [-0.25, -0.2) is 18.7 Å². The minimum atomic E-state index is -0.647. The Balaban J connectivity index is 1.40. The van der Waals surface area contributed by atoms with Gasteiger partial charge in [-0.2, -0.15) is 10.2 Å². The molecular formula is C31H33F2N5O. The summed E-state index contributed by atoms with van der Waals surface area (Å²) in [7, 11) is 0. The molecule has 5 rings (SSSR count). The molecular weight excluding hydrogens is 496 g/mol. The highest BCUT2D eigenvalue weighted by Crippen LogP contribution is 2.58. The Labute approximate surface area is 227 Å². The fraction of sp³-hybridized carbons (Fsp3) is 0.387. The maximum atomic E-state index is 14.5.